The summed E-state index contributed by atoms with van der Waals surface area (Å²) in [5.41, 5.74) is 0.953. The maximum absolute atomic E-state index is 12.1. The summed E-state index contributed by atoms with van der Waals surface area (Å²) in [5.74, 6) is -1.50. The molecule has 0 aliphatic heterocycles. The zero-order valence-corrected chi connectivity index (χ0v) is 11.5. The third-order valence-electron chi connectivity index (χ3n) is 2.72. The van der Waals surface area contributed by atoms with Gasteiger partial charge in [0.15, 0.2) is 0 Å². The number of hydrogen-bond donors (Lipinski definition) is 2. The first kappa shape index (κ1) is 14.6. The van der Waals surface area contributed by atoms with E-state index < -0.39 is 11.9 Å². The Bertz CT molecular complexity index is 746. The number of rotatable bonds is 4. The Kier molecular flexibility index (Phi) is 4.26. The molecule has 0 fully saturated rings. The van der Waals surface area contributed by atoms with Crippen molar-refractivity contribution in [2.24, 2.45) is 0 Å². The Morgan fingerprint density at radius 1 is 1.38 bits per heavy atom. The first-order valence-corrected chi connectivity index (χ1v) is 6.27. The van der Waals surface area contributed by atoms with Crippen molar-refractivity contribution in [2.75, 3.05) is 5.32 Å². The number of benzene rings is 1. The average molecular weight is 304 g/mol. The van der Waals surface area contributed by atoms with Crippen LogP contribution in [0.3, 0.4) is 0 Å². The van der Waals surface area contributed by atoms with Gasteiger partial charge in [0.1, 0.15) is 18.3 Å². The summed E-state index contributed by atoms with van der Waals surface area (Å²) >= 11 is 5.88. The van der Waals surface area contributed by atoms with E-state index in [2.05, 4.69) is 5.32 Å². The lowest BCUT2D eigenvalue weighted by Crippen LogP contribution is -2.19. The van der Waals surface area contributed by atoms with Gasteiger partial charge in [-0.15, -0.1) is 0 Å². The van der Waals surface area contributed by atoms with Crippen LogP contribution in [0.25, 0.3) is 0 Å². The van der Waals surface area contributed by atoms with Crippen LogP contribution in [0.4, 0.5) is 5.69 Å². The Morgan fingerprint density at radius 2 is 2.14 bits per heavy atom. The molecule has 0 aliphatic carbocycles. The van der Waals surface area contributed by atoms with E-state index in [1.807, 2.05) is 6.07 Å². The molecule has 2 rings (SSSR count). The zero-order valence-electron chi connectivity index (χ0n) is 10.7. The number of halogens is 1. The number of anilines is 1. The van der Waals surface area contributed by atoms with Crippen molar-refractivity contribution >= 4 is 29.2 Å². The molecule has 21 heavy (non-hydrogen) atoms. The van der Waals surface area contributed by atoms with Crippen LogP contribution in [0, 0.1) is 11.3 Å². The van der Waals surface area contributed by atoms with Crippen molar-refractivity contribution in [3.05, 3.63) is 52.8 Å². The van der Waals surface area contributed by atoms with Crippen molar-refractivity contribution in [3.8, 4) is 6.07 Å². The molecule has 0 unspecified atom stereocenters. The Labute approximate surface area is 125 Å². The summed E-state index contributed by atoms with van der Waals surface area (Å²) in [6.07, 6.45) is 1.51. The zero-order chi connectivity index (χ0) is 15.4. The minimum Gasteiger partial charge on any atom is -0.480 e. The van der Waals surface area contributed by atoms with E-state index in [0.29, 0.717) is 11.3 Å². The van der Waals surface area contributed by atoms with Crippen molar-refractivity contribution in [3.63, 3.8) is 0 Å². The summed E-state index contributed by atoms with van der Waals surface area (Å²) in [5, 5.41) is 20.4. The molecule has 2 aromatic rings. The van der Waals surface area contributed by atoms with Gasteiger partial charge >= 0.3 is 5.97 Å². The fraction of sp³-hybridized carbons (Fsp3) is 0.0714. The van der Waals surface area contributed by atoms with Gasteiger partial charge in [-0.25, -0.2) is 0 Å². The molecule has 1 aromatic carbocycles. The van der Waals surface area contributed by atoms with Crippen LogP contribution in [-0.4, -0.2) is 21.6 Å². The Morgan fingerprint density at radius 3 is 2.76 bits per heavy atom. The molecule has 1 aromatic heterocycles. The number of aromatic nitrogens is 1. The lowest BCUT2D eigenvalue weighted by molar-refractivity contribution is -0.137. The van der Waals surface area contributed by atoms with Crippen molar-refractivity contribution < 1.29 is 14.7 Å². The quantitative estimate of drug-likeness (QED) is 0.906. The van der Waals surface area contributed by atoms with Gasteiger partial charge in [0.2, 0.25) is 0 Å². The maximum atomic E-state index is 12.1. The first-order chi connectivity index (χ1) is 10.0. The molecule has 6 nitrogen and oxygen atoms in total. The summed E-state index contributed by atoms with van der Waals surface area (Å²) in [4.78, 5) is 22.8. The molecule has 0 saturated carbocycles. The fourth-order valence-electron chi connectivity index (χ4n) is 1.78. The van der Waals surface area contributed by atoms with E-state index >= 15 is 0 Å². The second kappa shape index (κ2) is 6.11. The Hall–Kier alpha value is -2.78. The summed E-state index contributed by atoms with van der Waals surface area (Å²) in [6, 6.07) is 9.53. The van der Waals surface area contributed by atoms with Crippen LogP contribution in [0.15, 0.2) is 36.5 Å². The van der Waals surface area contributed by atoms with Gasteiger partial charge in [-0.1, -0.05) is 11.6 Å². The fourth-order valence-corrected chi connectivity index (χ4v) is 2.01. The number of nitriles is 1. The average Bonchev–Trinajstić information content (AvgIpc) is 2.86. The molecule has 0 saturated heterocycles. The number of carboxylic acids is 1. The Balaban J connectivity index is 2.19. The number of nitrogens with zero attached hydrogens (tertiary/aromatic N) is 2. The molecule has 0 spiro atoms. The highest BCUT2D eigenvalue weighted by molar-refractivity contribution is 6.32. The van der Waals surface area contributed by atoms with Crippen LogP contribution in [0.2, 0.25) is 5.02 Å². The SMILES string of the molecule is N#Cc1ccc(NC(=O)c2cccn2CC(=O)O)cc1Cl. The molecular weight excluding hydrogens is 294 g/mol. The molecule has 1 amide bonds. The van der Waals surface area contributed by atoms with Crippen LogP contribution < -0.4 is 5.32 Å². The van der Waals surface area contributed by atoms with E-state index in [-0.39, 0.29) is 17.3 Å². The number of carbonyl (C=O) groups is 2. The van der Waals surface area contributed by atoms with Gasteiger partial charge in [-0.2, -0.15) is 5.26 Å². The predicted octanol–water partition coefficient (Wildman–Crippen LogP) is 2.35. The monoisotopic (exact) mass is 303 g/mol. The normalized spacial score (nSPS) is 9.90. The second-order valence-corrected chi connectivity index (χ2v) is 4.58. The van der Waals surface area contributed by atoms with Gasteiger partial charge in [0.25, 0.3) is 5.91 Å². The summed E-state index contributed by atoms with van der Waals surface area (Å²) in [6.45, 7) is -0.302. The number of carboxylic acid groups (broad SMARTS) is 1. The summed E-state index contributed by atoms with van der Waals surface area (Å²) < 4.78 is 1.32. The summed E-state index contributed by atoms with van der Waals surface area (Å²) in [7, 11) is 0. The van der Waals surface area contributed by atoms with Crippen molar-refractivity contribution in [1.29, 1.82) is 5.26 Å². The molecule has 7 heteroatoms. The van der Waals surface area contributed by atoms with Gasteiger partial charge in [0.05, 0.1) is 10.6 Å². The molecule has 0 radical (unpaired) electrons. The van der Waals surface area contributed by atoms with Crippen molar-refractivity contribution in [2.45, 2.75) is 6.54 Å². The smallest absolute Gasteiger partial charge is 0.323 e. The van der Waals surface area contributed by atoms with E-state index in [9.17, 15) is 9.59 Å². The van der Waals surface area contributed by atoms with E-state index in [4.69, 9.17) is 22.0 Å². The molecule has 106 valence electrons. The minimum absolute atomic E-state index is 0.220. The molecule has 0 aliphatic rings. The van der Waals surface area contributed by atoms with Crippen LogP contribution >= 0.6 is 11.6 Å². The third kappa shape index (κ3) is 3.41. The van der Waals surface area contributed by atoms with Crippen LogP contribution in [0.5, 0.6) is 0 Å². The predicted molar refractivity (Wildman–Crippen MR) is 76.2 cm³/mol. The standard InChI is InChI=1S/C14H10ClN3O3/c15-11-6-10(4-3-9(11)7-16)17-14(21)12-2-1-5-18(12)8-13(19)20/h1-6H,8H2,(H,17,21)(H,19,20). The highest BCUT2D eigenvalue weighted by atomic mass is 35.5. The van der Waals surface area contributed by atoms with Crippen molar-refractivity contribution in [1.82, 2.24) is 4.57 Å². The number of aliphatic carboxylic acids is 1. The van der Waals surface area contributed by atoms with Gasteiger partial charge < -0.3 is 15.0 Å². The highest BCUT2D eigenvalue weighted by Crippen LogP contribution is 2.20. The van der Waals surface area contributed by atoms with Gasteiger partial charge in [0, 0.05) is 11.9 Å². The minimum atomic E-state index is -1.04. The molecule has 0 bridgehead atoms. The highest BCUT2D eigenvalue weighted by Gasteiger charge is 2.13. The number of hydrogen-bond acceptors (Lipinski definition) is 3. The van der Waals surface area contributed by atoms with Gasteiger partial charge in [-0.3, -0.25) is 9.59 Å². The lowest BCUT2D eigenvalue weighted by atomic mass is 10.2. The third-order valence-corrected chi connectivity index (χ3v) is 3.03. The van der Waals surface area contributed by atoms with E-state index in [0.717, 1.165) is 0 Å². The number of nitrogens with one attached hydrogen (secondary N) is 1. The number of amides is 1. The molecule has 1 heterocycles. The molecule has 2 N–H and O–H groups in total. The topological polar surface area (TPSA) is 95.1 Å². The van der Waals surface area contributed by atoms with Crippen LogP contribution in [0.1, 0.15) is 16.1 Å². The van der Waals surface area contributed by atoms with E-state index in [1.165, 1.54) is 29.0 Å². The molecular formula is C14H10ClN3O3. The lowest BCUT2D eigenvalue weighted by Gasteiger charge is -2.08. The molecule has 0 atom stereocenters. The first-order valence-electron chi connectivity index (χ1n) is 5.89. The second-order valence-electron chi connectivity index (χ2n) is 4.18. The number of carbonyl (C=O) groups excluding carboxylic acids is 1. The maximum Gasteiger partial charge on any atom is 0.323 e. The van der Waals surface area contributed by atoms with E-state index in [1.54, 1.807) is 12.1 Å². The largest absolute Gasteiger partial charge is 0.480 e. The van der Waals surface area contributed by atoms with Crippen LogP contribution in [-0.2, 0) is 11.3 Å². The van der Waals surface area contributed by atoms with Gasteiger partial charge in [-0.05, 0) is 30.3 Å².